The number of rotatable bonds is 4. The van der Waals surface area contributed by atoms with Crippen LogP contribution in [0.15, 0.2) is 37.8 Å². The van der Waals surface area contributed by atoms with Crippen LogP contribution in [0.5, 0.6) is 0 Å². The quantitative estimate of drug-likeness (QED) is 0.864. The first-order valence-corrected chi connectivity index (χ1v) is 7.28. The molecule has 18 heavy (non-hydrogen) atoms. The van der Waals surface area contributed by atoms with Crippen LogP contribution in [-0.2, 0) is 6.54 Å². The van der Waals surface area contributed by atoms with Gasteiger partial charge in [-0.05, 0) is 34.1 Å². The molecular weight excluding hydrogens is 360 g/mol. The van der Waals surface area contributed by atoms with E-state index < -0.39 is 0 Å². The minimum absolute atomic E-state index is 0.435. The van der Waals surface area contributed by atoms with Crippen LogP contribution in [0.25, 0.3) is 11.5 Å². The lowest BCUT2D eigenvalue weighted by Crippen LogP contribution is -2.21. The molecule has 0 saturated carbocycles. The highest BCUT2D eigenvalue weighted by atomic mass is 79.9. The van der Waals surface area contributed by atoms with Crippen molar-refractivity contribution in [1.29, 1.82) is 0 Å². The molecule has 0 amide bonds. The van der Waals surface area contributed by atoms with Crippen LogP contribution >= 0.6 is 31.9 Å². The van der Waals surface area contributed by atoms with E-state index in [0.717, 1.165) is 26.7 Å². The first kappa shape index (κ1) is 13.8. The molecular formula is C13H14Br2N2O. The van der Waals surface area contributed by atoms with Gasteiger partial charge in [0.05, 0.1) is 11.3 Å². The summed E-state index contributed by atoms with van der Waals surface area (Å²) in [5, 5.41) is 3.31. The lowest BCUT2D eigenvalue weighted by Gasteiger charge is -2.04. The predicted octanol–water partition coefficient (Wildman–Crippen LogP) is 4.36. The third-order valence-electron chi connectivity index (χ3n) is 2.40. The summed E-state index contributed by atoms with van der Waals surface area (Å²) in [6.07, 6.45) is 1.69. The van der Waals surface area contributed by atoms with E-state index in [2.05, 4.69) is 56.0 Å². The molecule has 1 aromatic heterocycles. The molecule has 0 saturated heterocycles. The molecule has 0 unspecified atom stereocenters. The molecule has 2 aromatic rings. The van der Waals surface area contributed by atoms with E-state index in [1.54, 1.807) is 6.26 Å². The molecule has 0 bridgehead atoms. The molecule has 2 rings (SSSR count). The third kappa shape index (κ3) is 3.43. The van der Waals surface area contributed by atoms with Crippen LogP contribution in [0.2, 0.25) is 0 Å². The Morgan fingerprint density at radius 2 is 2.11 bits per heavy atom. The number of benzene rings is 1. The minimum atomic E-state index is 0.435. The summed E-state index contributed by atoms with van der Waals surface area (Å²) in [5.41, 5.74) is 1.86. The number of halogens is 2. The SMILES string of the molecule is CC(C)NCc1coc(-c2ccc(Br)cc2Br)n1. The highest BCUT2D eigenvalue weighted by Gasteiger charge is 2.10. The fourth-order valence-electron chi connectivity index (χ4n) is 1.48. The number of nitrogens with zero attached hydrogens (tertiary/aromatic N) is 1. The van der Waals surface area contributed by atoms with Crippen molar-refractivity contribution >= 4 is 31.9 Å². The lowest BCUT2D eigenvalue weighted by atomic mass is 10.2. The van der Waals surface area contributed by atoms with Crippen LogP contribution in [-0.4, -0.2) is 11.0 Å². The maximum Gasteiger partial charge on any atom is 0.227 e. The summed E-state index contributed by atoms with van der Waals surface area (Å²) >= 11 is 6.93. The summed E-state index contributed by atoms with van der Waals surface area (Å²) < 4.78 is 7.49. The highest BCUT2D eigenvalue weighted by Crippen LogP contribution is 2.30. The Morgan fingerprint density at radius 3 is 2.78 bits per heavy atom. The Kier molecular flexibility index (Phi) is 4.59. The number of aromatic nitrogens is 1. The van der Waals surface area contributed by atoms with Gasteiger partial charge in [0.15, 0.2) is 0 Å². The molecule has 0 aliphatic rings. The monoisotopic (exact) mass is 372 g/mol. The van der Waals surface area contributed by atoms with Crippen molar-refractivity contribution in [3.63, 3.8) is 0 Å². The molecule has 1 heterocycles. The average Bonchev–Trinajstić information content (AvgIpc) is 2.75. The largest absolute Gasteiger partial charge is 0.444 e. The second-order valence-electron chi connectivity index (χ2n) is 4.30. The van der Waals surface area contributed by atoms with E-state index in [4.69, 9.17) is 4.42 Å². The molecule has 0 radical (unpaired) electrons. The van der Waals surface area contributed by atoms with Gasteiger partial charge in [0.2, 0.25) is 5.89 Å². The molecule has 0 aliphatic carbocycles. The van der Waals surface area contributed by atoms with Gasteiger partial charge in [0.1, 0.15) is 6.26 Å². The van der Waals surface area contributed by atoms with Gasteiger partial charge in [-0.1, -0.05) is 29.8 Å². The normalized spacial score (nSPS) is 11.2. The summed E-state index contributed by atoms with van der Waals surface area (Å²) in [6.45, 7) is 4.92. The zero-order valence-corrected chi connectivity index (χ0v) is 13.4. The van der Waals surface area contributed by atoms with Gasteiger partial charge in [-0.2, -0.15) is 0 Å². The van der Waals surface area contributed by atoms with Crippen molar-refractivity contribution in [2.24, 2.45) is 0 Å². The highest BCUT2D eigenvalue weighted by molar-refractivity contribution is 9.11. The Morgan fingerprint density at radius 1 is 1.33 bits per heavy atom. The molecule has 5 heteroatoms. The van der Waals surface area contributed by atoms with E-state index in [1.807, 2.05) is 18.2 Å². The zero-order chi connectivity index (χ0) is 13.1. The Balaban J connectivity index is 2.18. The summed E-state index contributed by atoms with van der Waals surface area (Å²) in [4.78, 5) is 4.47. The van der Waals surface area contributed by atoms with E-state index in [1.165, 1.54) is 0 Å². The number of hydrogen-bond acceptors (Lipinski definition) is 3. The van der Waals surface area contributed by atoms with Crippen molar-refractivity contribution in [1.82, 2.24) is 10.3 Å². The molecule has 0 atom stereocenters. The van der Waals surface area contributed by atoms with Crippen molar-refractivity contribution in [2.75, 3.05) is 0 Å². The maximum absolute atomic E-state index is 5.51. The van der Waals surface area contributed by atoms with Crippen LogP contribution in [0, 0.1) is 0 Å². The Bertz CT molecular complexity index is 538. The smallest absolute Gasteiger partial charge is 0.227 e. The maximum atomic E-state index is 5.51. The predicted molar refractivity (Wildman–Crippen MR) is 79.3 cm³/mol. The number of hydrogen-bond donors (Lipinski definition) is 1. The molecule has 3 nitrogen and oxygen atoms in total. The van der Waals surface area contributed by atoms with E-state index in [-0.39, 0.29) is 0 Å². The van der Waals surface area contributed by atoms with Crippen LogP contribution < -0.4 is 5.32 Å². The summed E-state index contributed by atoms with van der Waals surface area (Å²) in [5.74, 6) is 0.634. The van der Waals surface area contributed by atoms with Gasteiger partial charge in [-0.15, -0.1) is 0 Å². The standard InChI is InChI=1S/C13H14Br2N2O/c1-8(2)16-6-10-7-18-13(17-10)11-4-3-9(14)5-12(11)15/h3-5,7-8,16H,6H2,1-2H3. The van der Waals surface area contributed by atoms with Gasteiger partial charge in [0.25, 0.3) is 0 Å². The van der Waals surface area contributed by atoms with Crippen LogP contribution in [0.4, 0.5) is 0 Å². The van der Waals surface area contributed by atoms with E-state index in [9.17, 15) is 0 Å². The fraction of sp³-hybridized carbons (Fsp3) is 0.308. The first-order chi connectivity index (χ1) is 8.56. The van der Waals surface area contributed by atoms with Crippen LogP contribution in [0.3, 0.4) is 0 Å². The first-order valence-electron chi connectivity index (χ1n) is 5.69. The van der Waals surface area contributed by atoms with Crippen molar-refractivity contribution in [3.8, 4) is 11.5 Å². The molecule has 1 aromatic carbocycles. The topological polar surface area (TPSA) is 38.1 Å². The van der Waals surface area contributed by atoms with Gasteiger partial charge < -0.3 is 9.73 Å². The molecule has 0 aliphatic heterocycles. The molecule has 0 spiro atoms. The molecule has 0 fully saturated rings. The molecule has 96 valence electrons. The van der Waals surface area contributed by atoms with Crippen molar-refractivity contribution in [2.45, 2.75) is 26.4 Å². The van der Waals surface area contributed by atoms with Crippen LogP contribution in [0.1, 0.15) is 19.5 Å². The van der Waals surface area contributed by atoms with Crippen molar-refractivity contribution in [3.05, 3.63) is 39.1 Å². The van der Waals surface area contributed by atoms with Gasteiger partial charge in [-0.3, -0.25) is 0 Å². The Labute approximate surface area is 123 Å². The second kappa shape index (κ2) is 5.99. The second-order valence-corrected chi connectivity index (χ2v) is 6.07. The average molecular weight is 374 g/mol. The zero-order valence-electron chi connectivity index (χ0n) is 10.2. The summed E-state index contributed by atoms with van der Waals surface area (Å²) in [7, 11) is 0. The van der Waals surface area contributed by atoms with E-state index >= 15 is 0 Å². The van der Waals surface area contributed by atoms with Crippen molar-refractivity contribution < 1.29 is 4.42 Å². The van der Waals surface area contributed by atoms with Gasteiger partial charge in [-0.25, -0.2) is 4.98 Å². The van der Waals surface area contributed by atoms with Gasteiger partial charge in [0, 0.05) is 21.5 Å². The fourth-order valence-corrected chi connectivity index (χ4v) is 2.70. The number of nitrogens with one attached hydrogen (secondary N) is 1. The van der Waals surface area contributed by atoms with Gasteiger partial charge >= 0.3 is 0 Å². The van der Waals surface area contributed by atoms with E-state index in [0.29, 0.717) is 11.9 Å². The Hall–Kier alpha value is -0.650. The third-order valence-corrected chi connectivity index (χ3v) is 3.55. The number of oxazole rings is 1. The summed E-state index contributed by atoms with van der Waals surface area (Å²) in [6, 6.07) is 6.35. The molecule has 1 N–H and O–H groups in total. The minimum Gasteiger partial charge on any atom is -0.444 e. The lowest BCUT2D eigenvalue weighted by molar-refractivity contribution is 0.560.